The fraction of sp³-hybridized carbons (Fsp3) is 0.333. The summed E-state index contributed by atoms with van der Waals surface area (Å²) in [5.74, 6) is -0.780. The van der Waals surface area contributed by atoms with Crippen molar-refractivity contribution in [3.63, 3.8) is 0 Å². The zero-order valence-corrected chi connectivity index (χ0v) is 22.1. The van der Waals surface area contributed by atoms with Crippen LogP contribution in [0.2, 0.25) is 0 Å². The van der Waals surface area contributed by atoms with E-state index in [9.17, 15) is 13.6 Å². The molecule has 1 aromatic carbocycles. The Bertz CT molecular complexity index is 1460. The summed E-state index contributed by atoms with van der Waals surface area (Å²) in [5.41, 5.74) is 2.78. The standard InChI is InChI=1S/C27H29F2N7OS/c1-3-35(4-2)16-18-14-32-23(29)13-20(18)19-7-5-6-17-12-22(38-25(17)19)24-21(28)15-33-26(34-24)30-8-10-36-11-9-31-27(36)37/h5-7,12-15H,3-4,8-11,16H2,1-2H3,(H,31,37)(H,30,33,34). The minimum Gasteiger partial charge on any atom is -0.352 e. The summed E-state index contributed by atoms with van der Waals surface area (Å²) in [6.07, 6.45) is 2.75. The van der Waals surface area contributed by atoms with Crippen LogP contribution >= 0.6 is 11.3 Å². The van der Waals surface area contributed by atoms with Crippen LogP contribution in [0.15, 0.2) is 42.7 Å². The number of nitrogens with one attached hydrogen (secondary N) is 2. The average Bonchev–Trinajstić information content (AvgIpc) is 3.54. The van der Waals surface area contributed by atoms with Gasteiger partial charge in [0.2, 0.25) is 11.9 Å². The number of anilines is 1. The Morgan fingerprint density at radius 1 is 1.13 bits per heavy atom. The highest BCUT2D eigenvalue weighted by molar-refractivity contribution is 7.22. The van der Waals surface area contributed by atoms with Crippen molar-refractivity contribution in [3.8, 4) is 21.7 Å². The van der Waals surface area contributed by atoms with Crippen LogP contribution in [-0.4, -0.2) is 70.1 Å². The third-order valence-electron chi connectivity index (χ3n) is 6.66. The molecule has 0 saturated carbocycles. The molecular formula is C27H29F2N7OS. The van der Waals surface area contributed by atoms with Gasteiger partial charge >= 0.3 is 6.03 Å². The Hall–Kier alpha value is -3.70. The number of aromatic nitrogens is 3. The summed E-state index contributed by atoms with van der Waals surface area (Å²) >= 11 is 1.41. The van der Waals surface area contributed by atoms with Crippen molar-refractivity contribution in [2.45, 2.75) is 20.4 Å². The van der Waals surface area contributed by atoms with E-state index < -0.39 is 11.8 Å². The first-order valence-electron chi connectivity index (χ1n) is 12.7. The van der Waals surface area contributed by atoms with Crippen LogP contribution in [0.25, 0.3) is 31.8 Å². The lowest BCUT2D eigenvalue weighted by Gasteiger charge is -2.20. The topological polar surface area (TPSA) is 86.3 Å². The fourth-order valence-corrected chi connectivity index (χ4v) is 5.75. The Morgan fingerprint density at radius 3 is 2.74 bits per heavy atom. The summed E-state index contributed by atoms with van der Waals surface area (Å²) in [4.78, 5) is 28.7. The summed E-state index contributed by atoms with van der Waals surface area (Å²) < 4.78 is 30.1. The lowest BCUT2D eigenvalue weighted by Crippen LogP contribution is -2.32. The minimum atomic E-state index is -0.541. The van der Waals surface area contributed by atoms with E-state index in [0.717, 1.165) is 46.1 Å². The number of urea groups is 1. The number of thiophene rings is 1. The van der Waals surface area contributed by atoms with Crippen LogP contribution in [0.4, 0.5) is 19.5 Å². The first-order valence-corrected chi connectivity index (χ1v) is 13.5. The van der Waals surface area contributed by atoms with E-state index in [4.69, 9.17) is 0 Å². The number of amides is 2. The van der Waals surface area contributed by atoms with Crippen molar-refractivity contribution in [2.75, 3.05) is 44.6 Å². The molecule has 4 heterocycles. The second-order valence-corrected chi connectivity index (χ2v) is 10.0. The Morgan fingerprint density at radius 2 is 1.97 bits per heavy atom. The fourth-order valence-electron chi connectivity index (χ4n) is 4.57. The zero-order valence-electron chi connectivity index (χ0n) is 21.3. The first kappa shape index (κ1) is 25.9. The second kappa shape index (κ2) is 11.4. The van der Waals surface area contributed by atoms with E-state index in [2.05, 4.69) is 44.3 Å². The summed E-state index contributed by atoms with van der Waals surface area (Å²) in [7, 11) is 0. The van der Waals surface area contributed by atoms with Gasteiger partial charge in [0.05, 0.1) is 11.1 Å². The predicted molar refractivity (Wildman–Crippen MR) is 146 cm³/mol. The number of fused-ring (bicyclic) bond motifs is 1. The van der Waals surface area contributed by atoms with Crippen LogP contribution < -0.4 is 10.6 Å². The van der Waals surface area contributed by atoms with Gasteiger partial charge in [-0.25, -0.2) is 24.1 Å². The number of carbonyl (C=O) groups excluding carboxylic acids is 1. The van der Waals surface area contributed by atoms with Crippen LogP contribution in [0.5, 0.6) is 0 Å². The normalized spacial score (nSPS) is 13.5. The number of rotatable bonds is 10. The number of pyridine rings is 1. The lowest BCUT2D eigenvalue weighted by atomic mass is 10.00. The predicted octanol–water partition coefficient (Wildman–Crippen LogP) is 4.98. The van der Waals surface area contributed by atoms with E-state index in [-0.39, 0.29) is 17.7 Å². The van der Waals surface area contributed by atoms with Crippen LogP contribution in [0.1, 0.15) is 19.4 Å². The minimum absolute atomic E-state index is 0.0945. The van der Waals surface area contributed by atoms with Gasteiger partial charge in [-0.05, 0) is 35.7 Å². The quantitative estimate of drug-likeness (QED) is 0.278. The Balaban J connectivity index is 1.46. The van der Waals surface area contributed by atoms with E-state index in [1.807, 2.05) is 24.3 Å². The molecule has 8 nitrogen and oxygen atoms in total. The van der Waals surface area contributed by atoms with Crippen molar-refractivity contribution < 1.29 is 13.6 Å². The largest absolute Gasteiger partial charge is 0.352 e. The molecule has 38 heavy (non-hydrogen) atoms. The van der Waals surface area contributed by atoms with Crippen molar-refractivity contribution in [1.82, 2.24) is 30.1 Å². The highest BCUT2D eigenvalue weighted by Crippen LogP contribution is 2.40. The lowest BCUT2D eigenvalue weighted by molar-refractivity contribution is 0.219. The molecule has 11 heteroatoms. The van der Waals surface area contributed by atoms with E-state index in [0.29, 0.717) is 37.6 Å². The third-order valence-corrected chi connectivity index (χ3v) is 7.85. The van der Waals surface area contributed by atoms with Crippen LogP contribution in [0.3, 0.4) is 0 Å². The molecular weight excluding hydrogens is 508 g/mol. The maximum absolute atomic E-state index is 14.9. The number of hydrogen-bond donors (Lipinski definition) is 2. The number of halogens is 2. The molecule has 5 rings (SSSR count). The van der Waals surface area contributed by atoms with Crippen molar-refractivity contribution >= 4 is 33.4 Å². The van der Waals surface area contributed by atoms with Gasteiger partial charge in [-0.15, -0.1) is 11.3 Å². The third kappa shape index (κ3) is 5.44. The van der Waals surface area contributed by atoms with Gasteiger partial charge < -0.3 is 15.5 Å². The van der Waals surface area contributed by atoms with E-state index in [1.54, 1.807) is 11.1 Å². The molecule has 0 bridgehead atoms. The first-order chi connectivity index (χ1) is 18.5. The second-order valence-electron chi connectivity index (χ2n) is 9.00. The highest BCUT2D eigenvalue weighted by Gasteiger charge is 2.20. The molecule has 2 N–H and O–H groups in total. The number of nitrogens with zero attached hydrogens (tertiary/aromatic N) is 5. The molecule has 3 aromatic heterocycles. The van der Waals surface area contributed by atoms with Crippen LogP contribution in [0, 0.1) is 11.8 Å². The maximum atomic E-state index is 14.9. The van der Waals surface area contributed by atoms with E-state index >= 15 is 0 Å². The molecule has 0 radical (unpaired) electrons. The molecule has 1 aliphatic rings. The summed E-state index contributed by atoms with van der Waals surface area (Å²) in [6.45, 7) is 8.79. The zero-order chi connectivity index (χ0) is 26.6. The summed E-state index contributed by atoms with van der Waals surface area (Å²) in [5, 5.41) is 6.76. The molecule has 1 saturated heterocycles. The van der Waals surface area contributed by atoms with Crippen molar-refractivity contribution in [3.05, 3.63) is 60.1 Å². The molecule has 1 fully saturated rings. The van der Waals surface area contributed by atoms with Gasteiger partial charge in [0.1, 0.15) is 5.69 Å². The van der Waals surface area contributed by atoms with Gasteiger partial charge in [-0.1, -0.05) is 32.0 Å². The molecule has 2 amide bonds. The van der Waals surface area contributed by atoms with Crippen LogP contribution in [-0.2, 0) is 6.54 Å². The Labute approximate surface area is 223 Å². The molecule has 198 valence electrons. The van der Waals surface area contributed by atoms with Crippen molar-refractivity contribution in [1.29, 1.82) is 0 Å². The molecule has 4 aromatic rings. The highest BCUT2D eigenvalue weighted by atomic mass is 32.1. The molecule has 0 atom stereocenters. The number of carbonyl (C=O) groups is 1. The monoisotopic (exact) mass is 537 g/mol. The van der Waals surface area contributed by atoms with Crippen molar-refractivity contribution in [2.24, 2.45) is 0 Å². The maximum Gasteiger partial charge on any atom is 0.317 e. The molecule has 1 aliphatic heterocycles. The van der Waals surface area contributed by atoms with Gasteiger partial charge in [0.25, 0.3) is 0 Å². The van der Waals surface area contributed by atoms with Gasteiger partial charge in [0.15, 0.2) is 5.82 Å². The van der Waals surface area contributed by atoms with E-state index in [1.165, 1.54) is 17.4 Å². The molecule has 0 aliphatic carbocycles. The number of hydrogen-bond acceptors (Lipinski definition) is 7. The van der Waals surface area contributed by atoms with Gasteiger partial charge in [-0.3, -0.25) is 4.90 Å². The van der Waals surface area contributed by atoms with Gasteiger partial charge in [0, 0.05) is 55.3 Å². The number of benzene rings is 1. The average molecular weight is 538 g/mol. The summed E-state index contributed by atoms with van der Waals surface area (Å²) in [6, 6.07) is 9.12. The Kier molecular flexibility index (Phi) is 7.75. The molecule has 0 spiro atoms. The van der Waals surface area contributed by atoms with Gasteiger partial charge in [-0.2, -0.15) is 4.39 Å². The SMILES string of the molecule is CCN(CC)Cc1cnc(F)cc1-c1cccc2cc(-c3nc(NCCN4CCNC4=O)ncc3F)sc12. The smallest absolute Gasteiger partial charge is 0.317 e. The molecule has 0 unspecified atom stereocenters.